The summed E-state index contributed by atoms with van der Waals surface area (Å²) < 4.78 is 12.8. The first-order valence-electron chi connectivity index (χ1n) is 6.47. The molecule has 2 rings (SSSR count). The van der Waals surface area contributed by atoms with Crippen LogP contribution >= 0.6 is 0 Å². The fraction of sp³-hybridized carbons (Fsp3) is 0.250. The molecule has 0 saturated heterocycles. The number of hydrogen-bond donors (Lipinski definition) is 1. The van der Waals surface area contributed by atoms with Gasteiger partial charge in [0, 0.05) is 25.0 Å². The Balaban J connectivity index is 1.86. The minimum Gasteiger partial charge on any atom is -0.399 e. The molecule has 3 heteroatoms. The highest BCUT2D eigenvalue weighted by molar-refractivity contribution is 5.47. The minimum atomic E-state index is -0.200. The molecule has 2 aromatic carbocycles. The van der Waals surface area contributed by atoms with Crippen molar-refractivity contribution in [2.45, 2.75) is 12.8 Å². The second-order valence-electron chi connectivity index (χ2n) is 4.70. The van der Waals surface area contributed by atoms with Gasteiger partial charge in [0.2, 0.25) is 0 Å². The summed E-state index contributed by atoms with van der Waals surface area (Å²) in [5, 5.41) is 0. The van der Waals surface area contributed by atoms with Crippen LogP contribution in [0.3, 0.4) is 0 Å². The fourth-order valence-electron chi connectivity index (χ4n) is 2.09. The van der Waals surface area contributed by atoms with Crippen LogP contribution in [0.5, 0.6) is 0 Å². The van der Waals surface area contributed by atoms with E-state index in [0.29, 0.717) is 0 Å². The largest absolute Gasteiger partial charge is 0.399 e. The van der Waals surface area contributed by atoms with Gasteiger partial charge in [-0.25, -0.2) is 4.39 Å². The smallest absolute Gasteiger partial charge is 0.123 e. The van der Waals surface area contributed by atoms with Crippen LogP contribution in [-0.4, -0.2) is 13.6 Å². The first kappa shape index (κ1) is 13.4. The number of aryl methyl sites for hydroxylation is 1. The van der Waals surface area contributed by atoms with E-state index in [1.807, 2.05) is 25.2 Å². The second kappa shape index (κ2) is 6.23. The number of halogens is 1. The molecular formula is C16H19FN2. The summed E-state index contributed by atoms with van der Waals surface area (Å²) in [4.78, 5) is 2.12. The van der Waals surface area contributed by atoms with Crippen molar-refractivity contribution in [1.29, 1.82) is 0 Å². The van der Waals surface area contributed by atoms with E-state index in [1.165, 1.54) is 17.7 Å². The fourth-order valence-corrected chi connectivity index (χ4v) is 2.09. The van der Waals surface area contributed by atoms with Crippen LogP contribution in [0.15, 0.2) is 48.5 Å². The van der Waals surface area contributed by atoms with Crippen LogP contribution < -0.4 is 10.6 Å². The van der Waals surface area contributed by atoms with Gasteiger partial charge >= 0.3 is 0 Å². The molecule has 100 valence electrons. The normalized spacial score (nSPS) is 10.4. The van der Waals surface area contributed by atoms with E-state index in [-0.39, 0.29) is 5.82 Å². The molecule has 0 aliphatic rings. The van der Waals surface area contributed by atoms with Crippen molar-refractivity contribution in [3.8, 4) is 0 Å². The molecule has 2 aromatic rings. The highest BCUT2D eigenvalue weighted by Crippen LogP contribution is 2.16. The van der Waals surface area contributed by atoms with Gasteiger partial charge in [0.1, 0.15) is 5.82 Å². The molecule has 0 unspecified atom stereocenters. The van der Waals surface area contributed by atoms with Crippen LogP contribution in [0, 0.1) is 5.82 Å². The Morgan fingerprint density at radius 3 is 2.42 bits per heavy atom. The molecule has 0 saturated carbocycles. The van der Waals surface area contributed by atoms with E-state index < -0.39 is 0 Å². The molecule has 0 aromatic heterocycles. The lowest BCUT2D eigenvalue weighted by molar-refractivity contribution is 0.627. The van der Waals surface area contributed by atoms with Gasteiger partial charge in [0.05, 0.1) is 0 Å². The lowest BCUT2D eigenvalue weighted by Gasteiger charge is -2.19. The molecule has 2 nitrogen and oxygen atoms in total. The Morgan fingerprint density at radius 2 is 1.74 bits per heavy atom. The van der Waals surface area contributed by atoms with Gasteiger partial charge in [-0.05, 0) is 48.7 Å². The van der Waals surface area contributed by atoms with Crippen molar-refractivity contribution < 1.29 is 4.39 Å². The Labute approximate surface area is 113 Å². The standard InChI is InChI=1S/C16H19FN2/c1-19(15-10-8-14(17)9-11-15)12-4-6-13-5-2-3-7-16(13)18/h2-3,5,7-11H,4,6,12,18H2,1H3. The lowest BCUT2D eigenvalue weighted by Crippen LogP contribution is -2.19. The molecule has 0 amide bonds. The number of nitrogens with zero attached hydrogens (tertiary/aromatic N) is 1. The van der Waals surface area contributed by atoms with Gasteiger partial charge in [-0.15, -0.1) is 0 Å². The first-order valence-corrected chi connectivity index (χ1v) is 6.47. The predicted octanol–water partition coefficient (Wildman–Crippen LogP) is 3.48. The summed E-state index contributed by atoms with van der Waals surface area (Å²) in [5.41, 5.74) is 8.98. The van der Waals surface area contributed by atoms with Crippen molar-refractivity contribution in [2.75, 3.05) is 24.2 Å². The highest BCUT2D eigenvalue weighted by Gasteiger charge is 2.02. The second-order valence-corrected chi connectivity index (χ2v) is 4.70. The SMILES string of the molecule is CN(CCCc1ccccc1N)c1ccc(F)cc1. The number of para-hydroxylation sites is 1. The van der Waals surface area contributed by atoms with E-state index in [4.69, 9.17) is 5.73 Å². The summed E-state index contributed by atoms with van der Waals surface area (Å²) in [6.07, 6.45) is 1.97. The van der Waals surface area contributed by atoms with Gasteiger partial charge in [-0.1, -0.05) is 18.2 Å². The first-order chi connectivity index (χ1) is 9.16. The van der Waals surface area contributed by atoms with Crippen molar-refractivity contribution in [3.05, 3.63) is 59.9 Å². The molecule has 0 radical (unpaired) electrons. The summed E-state index contributed by atoms with van der Waals surface area (Å²) in [5.74, 6) is -0.200. The number of anilines is 2. The number of benzene rings is 2. The third kappa shape index (κ3) is 3.71. The number of rotatable bonds is 5. The van der Waals surface area contributed by atoms with Gasteiger partial charge < -0.3 is 10.6 Å². The molecule has 19 heavy (non-hydrogen) atoms. The maximum absolute atomic E-state index is 12.8. The van der Waals surface area contributed by atoms with Crippen LogP contribution in [0.2, 0.25) is 0 Å². The van der Waals surface area contributed by atoms with Crippen LogP contribution in [0.25, 0.3) is 0 Å². The molecule has 0 aliphatic heterocycles. The average molecular weight is 258 g/mol. The Kier molecular flexibility index (Phi) is 4.39. The number of hydrogen-bond acceptors (Lipinski definition) is 2. The van der Waals surface area contributed by atoms with Gasteiger partial charge in [-0.2, -0.15) is 0 Å². The van der Waals surface area contributed by atoms with Crippen molar-refractivity contribution in [3.63, 3.8) is 0 Å². The van der Waals surface area contributed by atoms with Gasteiger partial charge in [0.25, 0.3) is 0 Å². The molecule has 0 atom stereocenters. The molecule has 0 spiro atoms. The zero-order valence-corrected chi connectivity index (χ0v) is 11.1. The quantitative estimate of drug-likeness (QED) is 0.832. The molecular weight excluding hydrogens is 239 g/mol. The zero-order valence-electron chi connectivity index (χ0n) is 11.1. The monoisotopic (exact) mass is 258 g/mol. The molecule has 0 fully saturated rings. The Bertz CT molecular complexity index is 523. The van der Waals surface area contributed by atoms with Crippen molar-refractivity contribution >= 4 is 11.4 Å². The van der Waals surface area contributed by atoms with Gasteiger partial charge in [0.15, 0.2) is 0 Å². The Morgan fingerprint density at radius 1 is 1.05 bits per heavy atom. The molecule has 0 aliphatic carbocycles. The third-order valence-electron chi connectivity index (χ3n) is 3.26. The number of nitrogens with two attached hydrogens (primary N) is 1. The third-order valence-corrected chi connectivity index (χ3v) is 3.26. The predicted molar refractivity (Wildman–Crippen MR) is 78.8 cm³/mol. The Hall–Kier alpha value is -2.03. The van der Waals surface area contributed by atoms with E-state index >= 15 is 0 Å². The molecule has 0 heterocycles. The average Bonchev–Trinajstić information content (AvgIpc) is 2.41. The zero-order chi connectivity index (χ0) is 13.7. The van der Waals surface area contributed by atoms with Gasteiger partial charge in [-0.3, -0.25) is 0 Å². The molecule has 0 bridgehead atoms. The van der Waals surface area contributed by atoms with Crippen LogP contribution in [-0.2, 0) is 6.42 Å². The van der Waals surface area contributed by atoms with Crippen LogP contribution in [0.4, 0.5) is 15.8 Å². The van der Waals surface area contributed by atoms with E-state index in [9.17, 15) is 4.39 Å². The maximum atomic E-state index is 12.8. The topological polar surface area (TPSA) is 29.3 Å². The van der Waals surface area contributed by atoms with Crippen molar-refractivity contribution in [1.82, 2.24) is 0 Å². The number of nitrogen functional groups attached to an aromatic ring is 1. The van der Waals surface area contributed by atoms with Crippen molar-refractivity contribution in [2.24, 2.45) is 0 Å². The van der Waals surface area contributed by atoms with E-state index in [2.05, 4.69) is 11.0 Å². The minimum absolute atomic E-state index is 0.200. The summed E-state index contributed by atoms with van der Waals surface area (Å²) in [7, 11) is 2.02. The summed E-state index contributed by atoms with van der Waals surface area (Å²) >= 11 is 0. The maximum Gasteiger partial charge on any atom is 0.123 e. The highest BCUT2D eigenvalue weighted by atomic mass is 19.1. The van der Waals surface area contributed by atoms with Crippen LogP contribution in [0.1, 0.15) is 12.0 Å². The molecule has 2 N–H and O–H groups in total. The van der Waals surface area contributed by atoms with E-state index in [1.54, 1.807) is 12.1 Å². The summed E-state index contributed by atoms with van der Waals surface area (Å²) in [6.45, 7) is 0.917. The lowest BCUT2D eigenvalue weighted by atomic mass is 10.1. The van der Waals surface area contributed by atoms with E-state index in [0.717, 1.165) is 30.8 Å². The summed E-state index contributed by atoms with van der Waals surface area (Å²) in [6, 6.07) is 14.5.